The number of thiophene rings is 1. The van der Waals surface area contributed by atoms with Crippen LogP contribution in [0, 0.1) is 0 Å². The van der Waals surface area contributed by atoms with Crippen LogP contribution in [-0.4, -0.2) is 17.2 Å². The van der Waals surface area contributed by atoms with E-state index in [1.807, 2.05) is 11.3 Å². The molecule has 2 nitrogen and oxygen atoms in total. The molecule has 10 aromatic carbocycles. The molecule has 0 unspecified atom stereocenters. The van der Waals surface area contributed by atoms with E-state index in [4.69, 9.17) is 0 Å². The lowest BCUT2D eigenvalue weighted by Crippen LogP contribution is -2.74. The Morgan fingerprint density at radius 3 is 1.44 bits per heavy atom. The van der Waals surface area contributed by atoms with Crippen LogP contribution in [0.2, 0.25) is 0 Å². The van der Waals surface area contributed by atoms with E-state index < -0.39 is 8.07 Å². The third-order valence-electron chi connectivity index (χ3n) is 13.5. The molecule has 0 bridgehead atoms. The molecule has 0 saturated heterocycles. The van der Waals surface area contributed by atoms with Crippen LogP contribution < -0.4 is 20.7 Å². The van der Waals surface area contributed by atoms with Gasteiger partial charge in [-0.1, -0.05) is 194 Å². The fourth-order valence-electron chi connectivity index (χ4n) is 10.8. The first kappa shape index (κ1) is 36.9. The zero-order chi connectivity index (χ0) is 42.2. The maximum atomic E-state index is 2.56. The van der Waals surface area contributed by atoms with Gasteiger partial charge in [0.25, 0.3) is 0 Å². The van der Waals surface area contributed by atoms with Crippen molar-refractivity contribution in [1.29, 1.82) is 0 Å². The van der Waals surface area contributed by atoms with Gasteiger partial charge in [-0.3, -0.25) is 0 Å². The van der Waals surface area contributed by atoms with Crippen molar-refractivity contribution in [2.24, 2.45) is 0 Å². The predicted octanol–water partition coefficient (Wildman–Crippen LogP) is 13.3. The van der Waals surface area contributed by atoms with Gasteiger partial charge >= 0.3 is 0 Å². The van der Waals surface area contributed by atoms with Gasteiger partial charge in [0.2, 0.25) is 0 Å². The van der Waals surface area contributed by atoms with Gasteiger partial charge < -0.3 is 9.13 Å². The molecule has 0 saturated carbocycles. The van der Waals surface area contributed by atoms with E-state index in [0.717, 1.165) is 11.4 Å². The summed E-state index contributed by atoms with van der Waals surface area (Å²) in [6.45, 7) is 0. The largest absolute Gasteiger partial charge is 0.309 e. The number of hydrogen-bond acceptors (Lipinski definition) is 1. The molecule has 0 N–H and O–H groups in total. The quantitative estimate of drug-likeness (QED) is 0.112. The molecule has 0 aliphatic heterocycles. The Hall–Kier alpha value is -7.76. The summed E-state index contributed by atoms with van der Waals surface area (Å²) < 4.78 is 7.63. The van der Waals surface area contributed by atoms with E-state index in [0.29, 0.717) is 0 Å². The summed E-state index contributed by atoms with van der Waals surface area (Å²) in [4.78, 5) is 0. The van der Waals surface area contributed by atoms with E-state index in [2.05, 4.69) is 252 Å². The molecule has 0 aliphatic rings. The summed E-state index contributed by atoms with van der Waals surface area (Å²) in [6, 6.07) is 90.5. The highest BCUT2D eigenvalue weighted by molar-refractivity contribution is 7.26. The average Bonchev–Trinajstić information content (AvgIpc) is 4.03. The molecule has 0 radical (unpaired) electrons. The first-order valence-electron chi connectivity index (χ1n) is 22.0. The van der Waals surface area contributed by atoms with Crippen molar-refractivity contribution < 1.29 is 0 Å². The average molecular weight is 849 g/mol. The molecule has 64 heavy (non-hydrogen) atoms. The summed E-state index contributed by atoms with van der Waals surface area (Å²) >= 11 is 1.89. The fraction of sp³-hybridized carbons (Fsp3) is 0. The van der Waals surface area contributed by atoms with Crippen molar-refractivity contribution in [3.8, 4) is 22.5 Å². The number of nitrogens with zero attached hydrogens (tertiary/aromatic N) is 2. The van der Waals surface area contributed by atoms with Crippen molar-refractivity contribution >= 4 is 104 Å². The van der Waals surface area contributed by atoms with Crippen LogP contribution in [0.4, 0.5) is 0 Å². The van der Waals surface area contributed by atoms with Crippen molar-refractivity contribution in [2.75, 3.05) is 0 Å². The third kappa shape index (κ3) is 5.43. The second-order valence-electron chi connectivity index (χ2n) is 16.8. The number of fused-ring (bicyclic) bond motifs is 9. The second kappa shape index (κ2) is 14.7. The maximum Gasteiger partial charge on any atom is 0.179 e. The SMILES string of the molecule is c1ccc([Si](c2ccccc2)(c2ccccc2)c2cccc(-n3c4ccc(-n5c6ccccc6c6ccccc65)cc4c4cccc(-c5cccc6c5sc5ccccc56)c43)c2)cc1. The molecule has 13 aromatic rings. The van der Waals surface area contributed by atoms with Gasteiger partial charge in [0.05, 0.1) is 22.1 Å². The standard InChI is InChI=1S/C60H40N2SSi/c1-4-20-43(21-5-1)64(44-22-6-2-7-23-44,45-24-8-3-9-25-45)46-26-16-19-41(39-46)62-57-38-37-42(61-55-34-13-10-27-47(55)48-28-11-14-35-56(48)61)40-54(57)51-31-17-30-50(59(51)62)53-33-18-32-52-49-29-12-15-36-58(49)63-60(52)53/h1-40H. The van der Waals surface area contributed by atoms with Crippen LogP contribution in [0.25, 0.3) is 86.3 Å². The highest BCUT2D eigenvalue weighted by Crippen LogP contribution is 2.45. The summed E-state index contributed by atoms with van der Waals surface area (Å²) in [5.41, 5.74) is 9.60. The van der Waals surface area contributed by atoms with Gasteiger partial charge in [0.15, 0.2) is 8.07 Å². The number of hydrogen-bond donors (Lipinski definition) is 0. The van der Waals surface area contributed by atoms with Crippen molar-refractivity contribution in [3.05, 3.63) is 243 Å². The van der Waals surface area contributed by atoms with Gasteiger partial charge in [-0.2, -0.15) is 0 Å². The number of aromatic nitrogens is 2. The van der Waals surface area contributed by atoms with E-state index >= 15 is 0 Å². The molecular weight excluding hydrogens is 809 g/mol. The van der Waals surface area contributed by atoms with Gasteiger partial charge in [0, 0.05) is 64.2 Å². The van der Waals surface area contributed by atoms with Gasteiger partial charge in [0.1, 0.15) is 0 Å². The Bertz CT molecular complexity index is 3750. The highest BCUT2D eigenvalue weighted by Gasteiger charge is 2.41. The summed E-state index contributed by atoms with van der Waals surface area (Å²) in [7, 11) is -2.82. The molecular formula is C60H40N2SSi. The van der Waals surface area contributed by atoms with E-state index in [1.165, 1.54) is 95.7 Å². The lowest BCUT2D eigenvalue weighted by atomic mass is 9.99. The highest BCUT2D eigenvalue weighted by atomic mass is 32.1. The lowest BCUT2D eigenvalue weighted by molar-refractivity contribution is 1.17. The van der Waals surface area contributed by atoms with Crippen LogP contribution in [0.5, 0.6) is 0 Å². The third-order valence-corrected chi connectivity index (χ3v) is 19.5. The van der Waals surface area contributed by atoms with Crippen molar-refractivity contribution in [3.63, 3.8) is 0 Å². The van der Waals surface area contributed by atoms with Gasteiger partial charge in [-0.15, -0.1) is 11.3 Å². The van der Waals surface area contributed by atoms with E-state index in [9.17, 15) is 0 Å². The smallest absolute Gasteiger partial charge is 0.179 e. The molecule has 0 amide bonds. The molecule has 4 heteroatoms. The molecule has 0 aliphatic carbocycles. The first-order chi connectivity index (χ1) is 31.8. The van der Waals surface area contributed by atoms with Crippen molar-refractivity contribution in [1.82, 2.24) is 9.13 Å². The Morgan fingerprint density at radius 2 is 0.781 bits per heavy atom. The molecule has 3 heterocycles. The molecule has 300 valence electrons. The predicted molar refractivity (Wildman–Crippen MR) is 277 cm³/mol. The van der Waals surface area contributed by atoms with Crippen LogP contribution in [0.15, 0.2) is 243 Å². The minimum absolute atomic E-state index is 1.15. The Balaban J connectivity index is 1.14. The summed E-state index contributed by atoms with van der Waals surface area (Å²) in [6.07, 6.45) is 0. The van der Waals surface area contributed by atoms with E-state index in [1.54, 1.807) is 0 Å². The number of benzene rings is 10. The van der Waals surface area contributed by atoms with Gasteiger partial charge in [-0.25, -0.2) is 0 Å². The fourth-order valence-corrected chi connectivity index (χ4v) is 16.8. The summed E-state index contributed by atoms with van der Waals surface area (Å²) in [5, 5.41) is 13.0. The Kier molecular flexibility index (Phi) is 8.45. The zero-order valence-electron chi connectivity index (χ0n) is 34.9. The normalized spacial score (nSPS) is 12.1. The molecule has 13 rings (SSSR count). The Morgan fingerprint density at radius 1 is 0.297 bits per heavy atom. The van der Waals surface area contributed by atoms with Gasteiger partial charge in [-0.05, 0) is 69.3 Å². The van der Waals surface area contributed by atoms with Crippen molar-refractivity contribution in [2.45, 2.75) is 0 Å². The molecule has 0 fully saturated rings. The zero-order valence-corrected chi connectivity index (χ0v) is 36.7. The molecule has 0 atom stereocenters. The monoisotopic (exact) mass is 848 g/mol. The minimum atomic E-state index is -2.82. The molecule has 0 spiro atoms. The second-order valence-corrected chi connectivity index (χ2v) is 21.6. The topological polar surface area (TPSA) is 9.86 Å². The van der Waals surface area contributed by atoms with Crippen LogP contribution in [0.3, 0.4) is 0 Å². The summed E-state index contributed by atoms with van der Waals surface area (Å²) in [5.74, 6) is 0. The molecule has 3 aromatic heterocycles. The van der Waals surface area contributed by atoms with Crippen LogP contribution in [0.1, 0.15) is 0 Å². The van der Waals surface area contributed by atoms with Crippen LogP contribution in [-0.2, 0) is 0 Å². The number of para-hydroxylation sites is 3. The minimum Gasteiger partial charge on any atom is -0.309 e. The maximum absolute atomic E-state index is 2.82. The van der Waals surface area contributed by atoms with Crippen LogP contribution >= 0.6 is 11.3 Å². The lowest BCUT2D eigenvalue weighted by Gasteiger charge is -2.34. The Labute approximate surface area is 376 Å². The van der Waals surface area contributed by atoms with E-state index in [-0.39, 0.29) is 0 Å². The first-order valence-corrected chi connectivity index (χ1v) is 24.8. The number of rotatable bonds is 7.